The molecule has 0 saturated heterocycles. The van der Waals surface area contributed by atoms with E-state index < -0.39 is 5.97 Å². The molecular formula is C8H12N2O2. The van der Waals surface area contributed by atoms with E-state index in [1.807, 2.05) is 0 Å². The number of carboxylic acids is 1. The highest BCUT2D eigenvalue weighted by Gasteiger charge is 2.05. The summed E-state index contributed by atoms with van der Waals surface area (Å²) in [4.78, 5) is 10.4. The Labute approximate surface area is 70.8 Å². The Morgan fingerprint density at radius 1 is 1.75 bits per heavy atom. The molecule has 1 heterocycles. The van der Waals surface area contributed by atoms with Gasteiger partial charge in [-0.05, 0) is 5.92 Å². The molecule has 0 amide bonds. The first-order chi connectivity index (χ1) is 5.59. The van der Waals surface area contributed by atoms with E-state index in [9.17, 15) is 4.79 Å². The van der Waals surface area contributed by atoms with Crippen molar-refractivity contribution in [3.63, 3.8) is 0 Å². The van der Waals surface area contributed by atoms with Gasteiger partial charge in [-0.25, -0.2) is 4.79 Å². The standard InChI is InChI=1S/C8H12N2O2/c1-6(2)4-10-5-7(3-9-10)8(11)12/h3,5-6H,4H2,1-2H3,(H,11,12). The highest BCUT2D eigenvalue weighted by Crippen LogP contribution is 2.01. The summed E-state index contributed by atoms with van der Waals surface area (Å²) in [6.45, 7) is 4.87. The van der Waals surface area contributed by atoms with Gasteiger partial charge in [0.25, 0.3) is 0 Å². The molecule has 0 atom stereocenters. The molecule has 4 nitrogen and oxygen atoms in total. The third kappa shape index (κ3) is 2.08. The van der Waals surface area contributed by atoms with Gasteiger partial charge in [-0.1, -0.05) is 13.8 Å². The molecule has 66 valence electrons. The van der Waals surface area contributed by atoms with Gasteiger partial charge in [0.2, 0.25) is 0 Å². The summed E-state index contributed by atoms with van der Waals surface area (Å²) in [6, 6.07) is 0. The molecule has 1 N–H and O–H groups in total. The van der Waals surface area contributed by atoms with E-state index in [-0.39, 0.29) is 5.56 Å². The van der Waals surface area contributed by atoms with Crippen LogP contribution in [0.2, 0.25) is 0 Å². The zero-order valence-corrected chi connectivity index (χ0v) is 7.19. The number of hydrogen-bond acceptors (Lipinski definition) is 2. The normalized spacial score (nSPS) is 10.6. The maximum absolute atomic E-state index is 10.4. The van der Waals surface area contributed by atoms with Crippen LogP contribution in [0, 0.1) is 5.92 Å². The SMILES string of the molecule is CC(C)Cn1cc(C(=O)O)cn1. The number of aromatic carboxylic acids is 1. The molecule has 1 aromatic rings. The van der Waals surface area contributed by atoms with E-state index in [2.05, 4.69) is 18.9 Å². The van der Waals surface area contributed by atoms with E-state index in [1.165, 1.54) is 6.20 Å². The second-order valence-electron chi connectivity index (χ2n) is 3.15. The number of rotatable bonds is 3. The van der Waals surface area contributed by atoms with Gasteiger partial charge in [-0.15, -0.1) is 0 Å². The molecule has 12 heavy (non-hydrogen) atoms. The van der Waals surface area contributed by atoms with Crippen molar-refractivity contribution in [3.8, 4) is 0 Å². The average molecular weight is 168 g/mol. The van der Waals surface area contributed by atoms with Crippen LogP contribution < -0.4 is 0 Å². The summed E-state index contributed by atoms with van der Waals surface area (Å²) < 4.78 is 1.65. The highest BCUT2D eigenvalue weighted by atomic mass is 16.4. The lowest BCUT2D eigenvalue weighted by molar-refractivity contribution is 0.0696. The Morgan fingerprint density at radius 2 is 2.42 bits per heavy atom. The van der Waals surface area contributed by atoms with Crippen molar-refractivity contribution < 1.29 is 9.90 Å². The van der Waals surface area contributed by atoms with E-state index in [0.717, 1.165) is 6.54 Å². The van der Waals surface area contributed by atoms with Crippen molar-refractivity contribution >= 4 is 5.97 Å². The predicted octanol–water partition coefficient (Wildman–Crippen LogP) is 1.24. The summed E-state index contributed by atoms with van der Waals surface area (Å²) >= 11 is 0. The van der Waals surface area contributed by atoms with E-state index >= 15 is 0 Å². The second-order valence-corrected chi connectivity index (χ2v) is 3.15. The van der Waals surface area contributed by atoms with Crippen LogP contribution in [0.5, 0.6) is 0 Å². The Bertz CT molecular complexity index is 278. The first-order valence-electron chi connectivity index (χ1n) is 3.85. The fourth-order valence-electron chi connectivity index (χ4n) is 0.948. The van der Waals surface area contributed by atoms with Crippen LogP contribution in [-0.2, 0) is 6.54 Å². The zero-order valence-electron chi connectivity index (χ0n) is 7.19. The second kappa shape index (κ2) is 3.38. The van der Waals surface area contributed by atoms with Crippen LogP contribution >= 0.6 is 0 Å². The van der Waals surface area contributed by atoms with Crippen molar-refractivity contribution in [2.24, 2.45) is 5.92 Å². The zero-order chi connectivity index (χ0) is 9.14. The lowest BCUT2D eigenvalue weighted by Gasteiger charge is -2.02. The fraction of sp³-hybridized carbons (Fsp3) is 0.500. The quantitative estimate of drug-likeness (QED) is 0.738. The molecular weight excluding hydrogens is 156 g/mol. The van der Waals surface area contributed by atoms with Crippen molar-refractivity contribution in [1.29, 1.82) is 0 Å². The van der Waals surface area contributed by atoms with Gasteiger partial charge < -0.3 is 5.11 Å². The summed E-state index contributed by atoms with van der Waals surface area (Å²) in [5, 5.41) is 12.5. The molecule has 1 aromatic heterocycles. The largest absolute Gasteiger partial charge is 0.478 e. The lowest BCUT2D eigenvalue weighted by atomic mass is 10.2. The summed E-state index contributed by atoms with van der Waals surface area (Å²) in [5.74, 6) is -0.448. The molecule has 0 unspecified atom stereocenters. The topological polar surface area (TPSA) is 55.1 Å². The maximum Gasteiger partial charge on any atom is 0.338 e. The van der Waals surface area contributed by atoms with Gasteiger partial charge in [0.1, 0.15) is 0 Å². The van der Waals surface area contributed by atoms with Gasteiger partial charge in [0.15, 0.2) is 0 Å². The van der Waals surface area contributed by atoms with E-state index in [4.69, 9.17) is 5.11 Å². The van der Waals surface area contributed by atoms with Gasteiger partial charge in [-0.3, -0.25) is 4.68 Å². The first-order valence-corrected chi connectivity index (χ1v) is 3.85. The molecule has 0 aliphatic heterocycles. The van der Waals surface area contributed by atoms with Crippen molar-refractivity contribution in [2.75, 3.05) is 0 Å². The van der Waals surface area contributed by atoms with Crippen LogP contribution in [-0.4, -0.2) is 20.9 Å². The smallest absolute Gasteiger partial charge is 0.338 e. The van der Waals surface area contributed by atoms with E-state index in [0.29, 0.717) is 5.92 Å². The average Bonchev–Trinajstić information content (AvgIpc) is 2.34. The number of hydrogen-bond donors (Lipinski definition) is 1. The van der Waals surface area contributed by atoms with Crippen LogP contribution in [0.25, 0.3) is 0 Å². The Hall–Kier alpha value is -1.32. The third-order valence-electron chi connectivity index (χ3n) is 1.43. The van der Waals surface area contributed by atoms with Crippen molar-refractivity contribution in [3.05, 3.63) is 18.0 Å². The Morgan fingerprint density at radius 3 is 2.83 bits per heavy atom. The molecule has 0 aliphatic rings. The van der Waals surface area contributed by atoms with Gasteiger partial charge >= 0.3 is 5.97 Å². The van der Waals surface area contributed by atoms with Crippen molar-refractivity contribution in [2.45, 2.75) is 20.4 Å². The molecule has 0 radical (unpaired) electrons. The van der Waals surface area contributed by atoms with Crippen molar-refractivity contribution in [1.82, 2.24) is 9.78 Å². The number of aromatic nitrogens is 2. The lowest BCUT2D eigenvalue weighted by Crippen LogP contribution is -2.04. The molecule has 0 spiro atoms. The van der Waals surface area contributed by atoms with Gasteiger partial charge in [0, 0.05) is 12.7 Å². The number of carbonyl (C=O) groups is 1. The highest BCUT2D eigenvalue weighted by molar-refractivity contribution is 5.86. The minimum atomic E-state index is -0.926. The van der Waals surface area contributed by atoms with Crippen LogP contribution in [0.3, 0.4) is 0 Å². The maximum atomic E-state index is 10.4. The Kier molecular flexibility index (Phi) is 2.47. The molecule has 0 saturated carbocycles. The molecule has 4 heteroatoms. The number of carboxylic acid groups (broad SMARTS) is 1. The summed E-state index contributed by atoms with van der Waals surface area (Å²) in [7, 11) is 0. The summed E-state index contributed by atoms with van der Waals surface area (Å²) in [6.07, 6.45) is 2.91. The minimum Gasteiger partial charge on any atom is -0.478 e. The first kappa shape index (κ1) is 8.77. The molecule has 0 aliphatic carbocycles. The van der Waals surface area contributed by atoms with E-state index in [1.54, 1.807) is 10.9 Å². The van der Waals surface area contributed by atoms with Crippen LogP contribution in [0.15, 0.2) is 12.4 Å². The fourth-order valence-corrected chi connectivity index (χ4v) is 0.948. The molecule has 0 bridgehead atoms. The van der Waals surface area contributed by atoms with Crippen LogP contribution in [0.1, 0.15) is 24.2 Å². The molecule has 1 rings (SSSR count). The van der Waals surface area contributed by atoms with Gasteiger partial charge in [-0.2, -0.15) is 5.10 Å². The molecule has 0 fully saturated rings. The minimum absolute atomic E-state index is 0.246. The monoisotopic (exact) mass is 168 g/mol. The van der Waals surface area contributed by atoms with Gasteiger partial charge in [0.05, 0.1) is 11.8 Å². The summed E-state index contributed by atoms with van der Waals surface area (Å²) in [5.41, 5.74) is 0.246. The third-order valence-corrected chi connectivity index (χ3v) is 1.43. The Balaban J connectivity index is 2.71. The predicted molar refractivity (Wildman–Crippen MR) is 44.0 cm³/mol. The number of nitrogens with zero attached hydrogens (tertiary/aromatic N) is 2. The molecule has 0 aromatic carbocycles. The van der Waals surface area contributed by atoms with Crippen LogP contribution in [0.4, 0.5) is 0 Å².